The van der Waals surface area contributed by atoms with Gasteiger partial charge in [-0.1, -0.05) is 6.07 Å². The molecule has 0 amide bonds. The number of nitrogens with two attached hydrogens (primary N) is 1. The number of benzene rings is 2. The summed E-state index contributed by atoms with van der Waals surface area (Å²) in [5, 5.41) is 22.1. The number of carbonyl (C=O) groups excluding carboxylic acids is 1. The number of aliphatic imine (C=N–C) groups is 1. The van der Waals surface area contributed by atoms with Crippen molar-refractivity contribution < 1.29 is 23.9 Å². The van der Waals surface area contributed by atoms with Gasteiger partial charge in [0, 0.05) is 25.8 Å². The summed E-state index contributed by atoms with van der Waals surface area (Å²) in [6.45, 7) is 3.42. The summed E-state index contributed by atoms with van der Waals surface area (Å²) in [5.41, 5.74) is 1.05. The van der Waals surface area contributed by atoms with Crippen LogP contribution in [0.3, 0.4) is 0 Å². The van der Waals surface area contributed by atoms with Crippen LogP contribution in [0.25, 0.3) is 0 Å². The van der Waals surface area contributed by atoms with E-state index in [9.17, 15) is 20.2 Å². The normalized spacial score (nSPS) is 15.1. The Morgan fingerprint density at radius 3 is 2.64 bits per heavy atom. The second kappa shape index (κ2) is 11.2. The van der Waals surface area contributed by atoms with Gasteiger partial charge in [-0.15, -0.1) is 0 Å². The van der Waals surface area contributed by atoms with Gasteiger partial charge in [0.2, 0.25) is 0 Å². The lowest BCUT2D eigenvalue weighted by Crippen LogP contribution is -2.49. The SMILES string of the molecule is CCOC(=O)CC1=NC(Oc2cccc(N(C)C)c2)N(N)C(Oc2ccc(C#N)c(C)c2)=C1[N+](=O)[O-]. The van der Waals surface area contributed by atoms with Crippen molar-refractivity contribution in [3.63, 3.8) is 0 Å². The van der Waals surface area contributed by atoms with E-state index < -0.39 is 29.4 Å². The van der Waals surface area contributed by atoms with Gasteiger partial charge in [-0.25, -0.2) is 15.8 Å². The van der Waals surface area contributed by atoms with Gasteiger partial charge in [0.25, 0.3) is 12.2 Å². The fraction of sp³-hybridized carbons (Fsp3) is 0.292. The van der Waals surface area contributed by atoms with Crippen LogP contribution in [-0.4, -0.2) is 48.7 Å². The number of nitrogens with zero attached hydrogens (tertiary/aromatic N) is 5. The Morgan fingerprint density at radius 1 is 1.28 bits per heavy atom. The molecule has 0 bridgehead atoms. The molecule has 1 aliphatic rings. The first-order valence-electron chi connectivity index (χ1n) is 10.9. The van der Waals surface area contributed by atoms with Crippen LogP contribution in [0.1, 0.15) is 24.5 Å². The maximum atomic E-state index is 12.2. The Kier molecular flexibility index (Phi) is 8.08. The number of nitriles is 1. The third kappa shape index (κ3) is 5.89. The van der Waals surface area contributed by atoms with Crippen molar-refractivity contribution in [3.8, 4) is 17.6 Å². The number of ether oxygens (including phenoxy) is 3. The average molecular weight is 495 g/mol. The van der Waals surface area contributed by atoms with Crippen molar-refractivity contribution in [3.05, 3.63) is 75.3 Å². The van der Waals surface area contributed by atoms with E-state index in [4.69, 9.17) is 20.1 Å². The highest BCUT2D eigenvalue weighted by molar-refractivity contribution is 6.08. The molecule has 1 atom stereocenters. The second-order valence-electron chi connectivity index (χ2n) is 7.90. The van der Waals surface area contributed by atoms with Crippen LogP contribution in [0.5, 0.6) is 11.5 Å². The van der Waals surface area contributed by atoms with E-state index in [1.807, 2.05) is 31.1 Å². The average Bonchev–Trinajstić information content (AvgIpc) is 2.82. The topological polar surface area (TPSA) is 157 Å². The van der Waals surface area contributed by atoms with Gasteiger partial charge in [-0.05, 0) is 49.7 Å². The van der Waals surface area contributed by atoms with E-state index in [1.54, 1.807) is 38.1 Å². The van der Waals surface area contributed by atoms with Gasteiger partial charge >= 0.3 is 11.7 Å². The molecule has 0 aliphatic carbocycles. The lowest BCUT2D eigenvalue weighted by Gasteiger charge is -2.31. The predicted octanol–water partition coefficient (Wildman–Crippen LogP) is 2.70. The molecule has 12 nitrogen and oxygen atoms in total. The summed E-state index contributed by atoms with van der Waals surface area (Å²) in [7, 11) is 3.73. The minimum Gasteiger partial charge on any atom is -0.466 e. The molecule has 0 saturated carbocycles. The molecule has 0 saturated heterocycles. The number of anilines is 1. The number of hydrogen-bond donors (Lipinski definition) is 1. The molecule has 0 spiro atoms. The Morgan fingerprint density at radius 2 is 2.03 bits per heavy atom. The highest BCUT2D eigenvalue weighted by atomic mass is 16.6. The fourth-order valence-electron chi connectivity index (χ4n) is 3.34. The largest absolute Gasteiger partial charge is 0.466 e. The molecule has 2 N–H and O–H groups in total. The van der Waals surface area contributed by atoms with Crippen LogP contribution < -0.4 is 20.2 Å². The minimum absolute atomic E-state index is 0.0950. The number of esters is 1. The van der Waals surface area contributed by atoms with Crippen molar-refractivity contribution in [1.82, 2.24) is 5.01 Å². The number of rotatable bonds is 9. The molecule has 1 heterocycles. The van der Waals surface area contributed by atoms with Crippen molar-refractivity contribution in [2.24, 2.45) is 10.8 Å². The van der Waals surface area contributed by atoms with Gasteiger partial charge < -0.3 is 19.1 Å². The molecule has 1 aliphatic heterocycles. The highest BCUT2D eigenvalue weighted by Gasteiger charge is 2.40. The quantitative estimate of drug-likeness (QED) is 0.238. The lowest BCUT2D eigenvalue weighted by molar-refractivity contribution is -0.420. The van der Waals surface area contributed by atoms with Crippen LogP contribution >= 0.6 is 0 Å². The van der Waals surface area contributed by atoms with Crippen LogP contribution in [0.15, 0.2) is 59.0 Å². The standard InChI is InChI=1S/C24H26N6O6/c1-5-34-21(31)13-20-22(30(32)33)23(35-19-10-9-16(14-25)15(2)11-19)29(26)24(27-20)36-18-8-6-7-17(12-18)28(3)4/h6-12,24H,5,13,26H2,1-4H3. The fourth-order valence-corrected chi connectivity index (χ4v) is 3.34. The molecular weight excluding hydrogens is 468 g/mol. The summed E-state index contributed by atoms with van der Waals surface area (Å²) in [5.74, 6) is 5.72. The molecule has 1 unspecified atom stereocenters. The number of hydrogen-bond acceptors (Lipinski definition) is 11. The zero-order valence-corrected chi connectivity index (χ0v) is 20.3. The molecule has 0 fully saturated rings. The third-order valence-electron chi connectivity index (χ3n) is 5.12. The predicted molar refractivity (Wildman–Crippen MR) is 130 cm³/mol. The maximum Gasteiger partial charge on any atom is 0.352 e. The number of carbonyl (C=O) groups is 1. The number of nitro groups is 1. The van der Waals surface area contributed by atoms with Crippen molar-refractivity contribution in [2.75, 3.05) is 25.6 Å². The van der Waals surface area contributed by atoms with E-state index >= 15 is 0 Å². The molecule has 188 valence electrons. The minimum atomic E-state index is -1.29. The molecule has 36 heavy (non-hydrogen) atoms. The smallest absolute Gasteiger partial charge is 0.352 e. The van der Waals surface area contributed by atoms with Crippen LogP contribution in [-0.2, 0) is 9.53 Å². The van der Waals surface area contributed by atoms with E-state index in [2.05, 4.69) is 4.99 Å². The zero-order valence-electron chi connectivity index (χ0n) is 20.3. The summed E-state index contributed by atoms with van der Waals surface area (Å²) in [6, 6.07) is 13.7. The van der Waals surface area contributed by atoms with Crippen molar-refractivity contribution in [1.29, 1.82) is 5.26 Å². The summed E-state index contributed by atoms with van der Waals surface area (Å²) in [6.07, 6.45) is -1.78. The highest BCUT2D eigenvalue weighted by Crippen LogP contribution is 2.29. The Labute approximate surface area is 207 Å². The molecule has 0 aromatic heterocycles. The number of allylic oxidation sites excluding steroid dienone is 1. The van der Waals surface area contributed by atoms with Gasteiger partial charge in [0.15, 0.2) is 0 Å². The molecule has 2 aromatic carbocycles. The summed E-state index contributed by atoms with van der Waals surface area (Å²) in [4.78, 5) is 29.7. The first-order valence-corrected chi connectivity index (χ1v) is 10.9. The molecule has 2 aromatic rings. The van der Waals surface area contributed by atoms with Gasteiger partial charge in [-0.3, -0.25) is 14.9 Å². The zero-order chi connectivity index (χ0) is 26.4. The van der Waals surface area contributed by atoms with Gasteiger partial charge in [0.05, 0.1) is 29.6 Å². The summed E-state index contributed by atoms with van der Waals surface area (Å²) >= 11 is 0. The first kappa shape index (κ1) is 26.0. The van der Waals surface area contributed by atoms with E-state index in [0.29, 0.717) is 16.9 Å². The van der Waals surface area contributed by atoms with Gasteiger partial charge in [0.1, 0.15) is 17.2 Å². The van der Waals surface area contributed by atoms with Crippen molar-refractivity contribution in [2.45, 2.75) is 26.6 Å². The first-order chi connectivity index (χ1) is 17.1. The molecule has 0 radical (unpaired) electrons. The maximum absolute atomic E-state index is 12.2. The summed E-state index contributed by atoms with van der Waals surface area (Å²) < 4.78 is 16.7. The van der Waals surface area contributed by atoms with Crippen molar-refractivity contribution >= 4 is 17.4 Å². The Balaban J connectivity index is 2.05. The monoisotopic (exact) mass is 494 g/mol. The van der Waals surface area contributed by atoms with Crippen LogP contribution in [0, 0.1) is 28.4 Å². The second-order valence-corrected chi connectivity index (χ2v) is 7.90. The van der Waals surface area contributed by atoms with Gasteiger partial charge in [-0.2, -0.15) is 5.26 Å². The lowest BCUT2D eigenvalue weighted by atomic mass is 10.1. The van der Waals surface area contributed by atoms with E-state index in [-0.39, 0.29) is 24.0 Å². The Hall–Kier alpha value is -4.63. The van der Waals surface area contributed by atoms with Crippen LogP contribution in [0.4, 0.5) is 5.69 Å². The molecule has 12 heteroatoms. The number of hydrazine groups is 1. The molecule has 3 rings (SSSR count). The number of aryl methyl sites for hydroxylation is 1. The Bertz CT molecular complexity index is 1270. The van der Waals surface area contributed by atoms with E-state index in [0.717, 1.165) is 10.7 Å². The van der Waals surface area contributed by atoms with E-state index in [1.165, 1.54) is 12.1 Å². The van der Waals surface area contributed by atoms with Crippen LogP contribution in [0.2, 0.25) is 0 Å². The molecular formula is C24H26N6O6. The third-order valence-corrected chi connectivity index (χ3v) is 5.12.